The fraction of sp³-hybridized carbons (Fsp3) is 0.381. The van der Waals surface area contributed by atoms with Crippen molar-refractivity contribution < 1.29 is 13.9 Å². The van der Waals surface area contributed by atoms with Crippen LogP contribution in [0.25, 0.3) is 0 Å². The molecule has 1 aliphatic rings. The van der Waals surface area contributed by atoms with Crippen LogP contribution >= 0.6 is 23.1 Å². The molecule has 3 heterocycles. The standard InChI is InChI=1S/C21H23FN4O2S2/c1-13-10-18(14(2)26(13)11-17-4-3-9-28-17)19(27)12-29-21-25-24-20(30-21)23-16-7-5-15(22)6-8-16/h5-8,10,17H,3-4,9,11-12H2,1-2H3,(H,23,24). The van der Waals surface area contributed by atoms with Gasteiger partial charge in [0.1, 0.15) is 5.82 Å². The van der Waals surface area contributed by atoms with Gasteiger partial charge in [-0.1, -0.05) is 23.1 Å². The summed E-state index contributed by atoms with van der Waals surface area (Å²) in [6.45, 7) is 5.65. The number of thioether (sulfide) groups is 1. The minimum atomic E-state index is -0.289. The van der Waals surface area contributed by atoms with Gasteiger partial charge in [-0.05, 0) is 57.0 Å². The van der Waals surface area contributed by atoms with Gasteiger partial charge in [0.2, 0.25) is 5.13 Å². The van der Waals surface area contributed by atoms with Crippen molar-refractivity contribution in [3.8, 4) is 0 Å². The number of ketones is 1. The monoisotopic (exact) mass is 446 g/mol. The molecular formula is C21H23FN4O2S2. The summed E-state index contributed by atoms with van der Waals surface area (Å²) in [5, 5.41) is 11.9. The molecule has 0 bridgehead atoms. The second-order valence-electron chi connectivity index (χ2n) is 7.25. The maximum absolute atomic E-state index is 13.0. The second kappa shape index (κ2) is 9.28. The normalized spacial score (nSPS) is 16.2. The second-order valence-corrected chi connectivity index (χ2v) is 9.45. The molecule has 1 saturated heterocycles. The van der Waals surface area contributed by atoms with Gasteiger partial charge in [0.15, 0.2) is 10.1 Å². The number of halogens is 1. The molecule has 3 aromatic rings. The summed E-state index contributed by atoms with van der Waals surface area (Å²) < 4.78 is 21.6. The number of Topliss-reactive ketones (excluding diaryl/α,β-unsaturated/α-hetero) is 1. The molecule has 0 radical (unpaired) electrons. The topological polar surface area (TPSA) is 69.0 Å². The first-order valence-electron chi connectivity index (χ1n) is 9.80. The van der Waals surface area contributed by atoms with E-state index in [1.165, 1.54) is 35.2 Å². The number of ether oxygens (including phenoxy) is 1. The zero-order valence-corrected chi connectivity index (χ0v) is 18.5. The number of carbonyl (C=O) groups excluding carboxylic acids is 1. The van der Waals surface area contributed by atoms with Crippen molar-refractivity contribution in [2.45, 2.75) is 43.7 Å². The summed E-state index contributed by atoms with van der Waals surface area (Å²) in [4.78, 5) is 12.8. The molecule has 1 N–H and O–H groups in total. The number of benzene rings is 1. The number of hydrogen-bond donors (Lipinski definition) is 1. The van der Waals surface area contributed by atoms with Crippen LogP contribution in [-0.4, -0.2) is 39.0 Å². The van der Waals surface area contributed by atoms with Crippen LogP contribution in [0.1, 0.15) is 34.6 Å². The van der Waals surface area contributed by atoms with Crippen molar-refractivity contribution in [3.63, 3.8) is 0 Å². The van der Waals surface area contributed by atoms with E-state index in [1.807, 2.05) is 19.9 Å². The van der Waals surface area contributed by atoms with Crippen LogP contribution in [0.15, 0.2) is 34.7 Å². The maximum atomic E-state index is 13.0. The zero-order valence-electron chi connectivity index (χ0n) is 16.9. The predicted octanol–water partition coefficient (Wildman–Crippen LogP) is 4.99. The van der Waals surface area contributed by atoms with Gasteiger partial charge in [0.25, 0.3) is 0 Å². The minimum absolute atomic E-state index is 0.0786. The molecule has 1 aromatic carbocycles. The molecule has 158 valence electrons. The number of aryl methyl sites for hydroxylation is 1. The summed E-state index contributed by atoms with van der Waals surface area (Å²) in [7, 11) is 0. The molecule has 0 aliphatic carbocycles. The smallest absolute Gasteiger partial charge is 0.210 e. The highest BCUT2D eigenvalue weighted by Gasteiger charge is 2.21. The highest BCUT2D eigenvalue weighted by atomic mass is 32.2. The van der Waals surface area contributed by atoms with Gasteiger partial charge in [0, 0.05) is 35.8 Å². The fourth-order valence-corrected chi connectivity index (χ4v) is 5.19. The Morgan fingerprint density at radius 3 is 2.87 bits per heavy atom. The van der Waals surface area contributed by atoms with E-state index in [1.54, 1.807) is 12.1 Å². The Balaban J connectivity index is 1.35. The molecule has 4 rings (SSSR count). The molecule has 2 aromatic heterocycles. The Hall–Kier alpha value is -2.23. The summed E-state index contributed by atoms with van der Waals surface area (Å²) in [6.07, 6.45) is 2.41. The van der Waals surface area contributed by atoms with Crippen molar-refractivity contribution in [2.75, 3.05) is 17.7 Å². The van der Waals surface area contributed by atoms with Gasteiger partial charge < -0.3 is 14.6 Å². The van der Waals surface area contributed by atoms with Gasteiger partial charge in [-0.25, -0.2) is 4.39 Å². The van der Waals surface area contributed by atoms with E-state index in [0.29, 0.717) is 15.2 Å². The summed E-state index contributed by atoms with van der Waals surface area (Å²) >= 11 is 2.74. The maximum Gasteiger partial charge on any atom is 0.210 e. The Kier molecular flexibility index (Phi) is 6.50. The number of nitrogens with zero attached hydrogens (tertiary/aromatic N) is 3. The molecule has 0 saturated carbocycles. The van der Waals surface area contributed by atoms with Crippen LogP contribution in [0.3, 0.4) is 0 Å². The first-order valence-corrected chi connectivity index (χ1v) is 11.6. The van der Waals surface area contributed by atoms with Gasteiger partial charge in [-0.3, -0.25) is 4.79 Å². The van der Waals surface area contributed by atoms with Crippen LogP contribution in [0.5, 0.6) is 0 Å². The van der Waals surface area contributed by atoms with Crippen molar-refractivity contribution >= 4 is 39.7 Å². The summed E-state index contributed by atoms with van der Waals surface area (Å²) in [6, 6.07) is 8.01. The van der Waals surface area contributed by atoms with Crippen LogP contribution in [-0.2, 0) is 11.3 Å². The minimum Gasteiger partial charge on any atom is -0.376 e. The quantitative estimate of drug-likeness (QED) is 0.388. The number of nitrogens with one attached hydrogen (secondary N) is 1. The van der Waals surface area contributed by atoms with E-state index >= 15 is 0 Å². The summed E-state index contributed by atoms with van der Waals surface area (Å²) in [5.74, 6) is 0.0905. The van der Waals surface area contributed by atoms with E-state index < -0.39 is 0 Å². The lowest BCUT2D eigenvalue weighted by molar-refractivity contribution is 0.0957. The zero-order chi connectivity index (χ0) is 21.1. The number of hydrogen-bond acceptors (Lipinski definition) is 7. The van der Waals surface area contributed by atoms with Crippen LogP contribution < -0.4 is 5.32 Å². The third-order valence-electron chi connectivity index (χ3n) is 5.11. The van der Waals surface area contributed by atoms with Crippen LogP contribution in [0, 0.1) is 19.7 Å². The van der Waals surface area contributed by atoms with Crippen molar-refractivity contribution in [1.82, 2.24) is 14.8 Å². The molecule has 6 nitrogen and oxygen atoms in total. The number of aromatic nitrogens is 3. The SMILES string of the molecule is Cc1cc(C(=O)CSc2nnc(Nc3ccc(F)cc3)s2)c(C)n1CC1CCCO1. The fourth-order valence-electron chi connectivity index (χ4n) is 3.54. The van der Waals surface area contributed by atoms with Crippen molar-refractivity contribution in [1.29, 1.82) is 0 Å². The molecule has 9 heteroatoms. The predicted molar refractivity (Wildman–Crippen MR) is 118 cm³/mol. The Morgan fingerprint density at radius 2 is 2.13 bits per heavy atom. The average molecular weight is 447 g/mol. The van der Waals surface area contributed by atoms with Crippen LogP contribution in [0.4, 0.5) is 15.2 Å². The molecule has 0 spiro atoms. The molecule has 1 fully saturated rings. The lowest BCUT2D eigenvalue weighted by Gasteiger charge is -2.14. The first kappa shape index (κ1) is 21.0. The van der Waals surface area contributed by atoms with Gasteiger partial charge in [-0.15, -0.1) is 10.2 Å². The van der Waals surface area contributed by atoms with E-state index in [4.69, 9.17) is 4.74 Å². The Bertz CT molecular complexity index is 1030. The lowest BCUT2D eigenvalue weighted by atomic mass is 10.2. The Morgan fingerprint density at radius 1 is 1.33 bits per heavy atom. The molecular weight excluding hydrogens is 423 g/mol. The third-order valence-corrected chi connectivity index (χ3v) is 7.08. The first-order chi connectivity index (χ1) is 14.5. The van der Waals surface area contributed by atoms with Gasteiger partial charge in [-0.2, -0.15) is 0 Å². The largest absolute Gasteiger partial charge is 0.376 e. The number of carbonyl (C=O) groups is 1. The van der Waals surface area contributed by atoms with E-state index in [-0.39, 0.29) is 17.7 Å². The van der Waals surface area contributed by atoms with Crippen molar-refractivity contribution in [3.05, 3.63) is 53.1 Å². The molecule has 1 atom stereocenters. The highest BCUT2D eigenvalue weighted by Crippen LogP contribution is 2.29. The van der Waals surface area contributed by atoms with E-state index in [0.717, 1.165) is 48.6 Å². The van der Waals surface area contributed by atoms with E-state index in [2.05, 4.69) is 20.1 Å². The average Bonchev–Trinajstić information content (AvgIpc) is 3.46. The van der Waals surface area contributed by atoms with Crippen molar-refractivity contribution in [2.24, 2.45) is 0 Å². The molecule has 1 unspecified atom stereocenters. The number of anilines is 2. The number of rotatable bonds is 8. The molecule has 30 heavy (non-hydrogen) atoms. The van der Waals surface area contributed by atoms with E-state index in [9.17, 15) is 9.18 Å². The summed E-state index contributed by atoms with van der Waals surface area (Å²) in [5.41, 5.74) is 3.56. The highest BCUT2D eigenvalue weighted by molar-refractivity contribution is 8.01. The van der Waals surface area contributed by atoms with Gasteiger partial charge >= 0.3 is 0 Å². The molecule has 1 aliphatic heterocycles. The molecule has 0 amide bonds. The lowest BCUT2D eigenvalue weighted by Crippen LogP contribution is -2.17. The van der Waals surface area contributed by atoms with Crippen LogP contribution in [0.2, 0.25) is 0 Å². The van der Waals surface area contributed by atoms with Gasteiger partial charge in [0.05, 0.1) is 11.9 Å². The third kappa shape index (κ3) is 4.91. The Labute approximate surface area is 182 Å².